The Labute approximate surface area is 239 Å². The van der Waals surface area contributed by atoms with Crippen LogP contribution < -0.4 is 4.90 Å². The zero-order chi connectivity index (χ0) is 27.2. The molecule has 0 saturated carbocycles. The van der Waals surface area contributed by atoms with E-state index in [2.05, 4.69) is 138 Å². The average molecular weight is 524 g/mol. The lowest BCUT2D eigenvalue weighted by Gasteiger charge is -2.27. The fourth-order valence-corrected chi connectivity index (χ4v) is 5.94. The van der Waals surface area contributed by atoms with E-state index in [9.17, 15) is 0 Å². The lowest BCUT2D eigenvalue weighted by molar-refractivity contribution is 1.23. The molecule has 7 aromatic rings. The van der Waals surface area contributed by atoms with Crippen molar-refractivity contribution in [3.05, 3.63) is 152 Å². The maximum absolute atomic E-state index is 5.16. The third kappa shape index (κ3) is 3.90. The summed E-state index contributed by atoms with van der Waals surface area (Å²) >= 11 is 0. The summed E-state index contributed by atoms with van der Waals surface area (Å²) in [6.45, 7) is 0. The first-order chi connectivity index (χ1) is 20.3. The van der Waals surface area contributed by atoms with Crippen LogP contribution >= 0.6 is 0 Å². The fraction of sp³-hybridized carbons (Fsp3) is 0. The standard InChI is InChI=1S/C38H25N3/c1-3-13-26(14-4-1)37-32-20-9-11-21-34(32)39-38(40-37)27-23-24-36-33(25-27)30-18-8-7-17-29(30)31-19-10-12-22-35(31)41(36)28-15-5-2-6-16-28/h1-25H. The zero-order valence-electron chi connectivity index (χ0n) is 22.3. The first-order valence-corrected chi connectivity index (χ1v) is 13.9. The van der Waals surface area contributed by atoms with Gasteiger partial charge in [0.2, 0.25) is 0 Å². The fourth-order valence-electron chi connectivity index (χ4n) is 5.94. The molecular weight excluding hydrogens is 498 g/mol. The van der Waals surface area contributed by atoms with Gasteiger partial charge in [-0.3, -0.25) is 0 Å². The van der Waals surface area contributed by atoms with Gasteiger partial charge >= 0.3 is 0 Å². The molecule has 0 N–H and O–H groups in total. The minimum absolute atomic E-state index is 0.718. The van der Waals surface area contributed by atoms with E-state index in [4.69, 9.17) is 9.97 Å². The molecule has 0 radical (unpaired) electrons. The third-order valence-corrected chi connectivity index (χ3v) is 7.81. The van der Waals surface area contributed by atoms with Crippen LogP contribution in [-0.2, 0) is 0 Å². The Hall–Kier alpha value is -5.54. The number of rotatable bonds is 3. The van der Waals surface area contributed by atoms with E-state index in [1.165, 1.54) is 16.7 Å². The van der Waals surface area contributed by atoms with Crippen LogP contribution in [-0.4, -0.2) is 9.97 Å². The molecular formula is C38H25N3. The number of benzene rings is 6. The second-order valence-electron chi connectivity index (χ2n) is 10.2. The Morgan fingerprint density at radius 1 is 0.415 bits per heavy atom. The van der Waals surface area contributed by atoms with Crippen molar-refractivity contribution in [3.63, 3.8) is 0 Å². The molecule has 1 aliphatic heterocycles. The monoisotopic (exact) mass is 523 g/mol. The van der Waals surface area contributed by atoms with E-state index in [1.54, 1.807) is 0 Å². The van der Waals surface area contributed by atoms with Crippen LogP contribution in [0.5, 0.6) is 0 Å². The molecule has 41 heavy (non-hydrogen) atoms. The maximum Gasteiger partial charge on any atom is 0.160 e. The Morgan fingerprint density at radius 2 is 1.02 bits per heavy atom. The molecule has 0 atom stereocenters. The Morgan fingerprint density at radius 3 is 1.83 bits per heavy atom. The minimum Gasteiger partial charge on any atom is -0.309 e. The lowest BCUT2D eigenvalue weighted by Crippen LogP contribution is -2.10. The molecule has 0 unspecified atom stereocenters. The molecule has 1 aliphatic rings. The SMILES string of the molecule is c1ccc(-c2nc(-c3ccc4c(c3)-c3ccccc3-c3ccccc3N4c3ccccc3)nc3ccccc23)cc1. The Bertz CT molecular complexity index is 2050. The molecule has 3 heteroatoms. The summed E-state index contributed by atoms with van der Waals surface area (Å²) in [4.78, 5) is 12.6. The highest BCUT2D eigenvalue weighted by Gasteiger charge is 2.26. The van der Waals surface area contributed by atoms with Crippen LogP contribution in [0, 0.1) is 0 Å². The van der Waals surface area contributed by atoms with E-state index >= 15 is 0 Å². The molecule has 0 fully saturated rings. The van der Waals surface area contributed by atoms with Crippen LogP contribution in [0.15, 0.2) is 152 Å². The summed E-state index contributed by atoms with van der Waals surface area (Å²) in [5.74, 6) is 0.718. The van der Waals surface area contributed by atoms with Gasteiger partial charge in [0.15, 0.2) is 5.82 Å². The second kappa shape index (κ2) is 9.58. The maximum atomic E-state index is 5.16. The summed E-state index contributed by atoms with van der Waals surface area (Å²) in [6.07, 6.45) is 0. The smallest absolute Gasteiger partial charge is 0.160 e. The Balaban J connectivity index is 1.40. The summed E-state index contributed by atoms with van der Waals surface area (Å²) in [5.41, 5.74) is 12.1. The number of aromatic nitrogens is 2. The van der Waals surface area contributed by atoms with E-state index in [0.717, 1.165) is 56.2 Å². The van der Waals surface area contributed by atoms with Crippen LogP contribution in [0.25, 0.3) is 55.8 Å². The van der Waals surface area contributed by atoms with Gasteiger partial charge in [0.25, 0.3) is 0 Å². The summed E-state index contributed by atoms with van der Waals surface area (Å²) < 4.78 is 0. The van der Waals surface area contributed by atoms with Gasteiger partial charge < -0.3 is 4.90 Å². The number of hydrogen-bond acceptors (Lipinski definition) is 3. The molecule has 192 valence electrons. The van der Waals surface area contributed by atoms with Crippen LogP contribution in [0.2, 0.25) is 0 Å². The molecule has 0 bridgehead atoms. The number of nitrogens with zero attached hydrogens (tertiary/aromatic N) is 3. The minimum atomic E-state index is 0.718. The van der Waals surface area contributed by atoms with Gasteiger partial charge in [-0.1, -0.05) is 109 Å². The summed E-state index contributed by atoms with van der Waals surface area (Å²) in [7, 11) is 0. The number of hydrogen-bond donors (Lipinski definition) is 0. The van der Waals surface area contributed by atoms with Crippen molar-refractivity contribution in [1.29, 1.82) is 0 Å². The third-order valence-electron chi connectivity index (χ3n) is 7.81. The van der Waals surface area contributed by atoms with Gasteiger partial charge in [-0.25, -0.2) is 9.97 Å². The van der Waals surface area contributed by atoms with Crippen LogP contribution in [0.3, 0.4) is 0 Å². The van der Waals surface area contributed by atoms with E-state index in [0.29, 0.717) is 0 Å². The zero-order valence-corrected chi connectivity index (χ0v) is 22.3. The van der Waals surface area contributed by atoms with Gasteiger partial charge in [0, 0.05) is 33.3 Å². The predicted molar refractivity (Wildman–Crippen MR) is 170 cm³/mol. The first kappa shape index (κ1) is 23.4. The quantitative estimate of drug-likeness (QED) is 0.231. The van der Waals surface area contributed by atoms with Gasteiger partial charge in [-0.15, -0.1) is 0 Å². The molecule has 0 amide bonds. The van der Waals surface area contributed by atoms with Crippen LogP contribution in [0.4, 0.5) is 17.1 Å². The van der Waals surface area contributed by atoms with Crippen molar-refractivity contribution >= 4 is 28.0 Å². The van der Waals surface area contributed by atoms with E-state index in [1.807, 2.05) is 18.2 Å². The van der Waals surface area contributed by atoms with Gasteiger partial charge in [0.1, 0.15) is 0 Å². The number of fused-ring (bicyclic) bond motifs is 6. The molecule has 0 saturated heterocycles. The van der Waals surface area contributed by atoms with Crippen molar-refractivity contribution in [3.8, 4) is 44.9 Å². The van der Waals surface area contributed by atoms with Crippen molar-refractivity contribution in [2.75, 3.05) is 4.90 Å². The van der Waals surface area contributed by atoms with Gasteiger partial charge in [0.05, 0.1) is 22.6 Å². The molecule has 3 nitrogen and oxygen atoms in total. The predicted octanol–water partition coefficient (Wildman–Crippen LogP) is 10.1. The van der Waals surface area contributed by atoms with Crippen molar-refractivity contribution in [1.82, 2.24) is 9.97 Å². The first-order valence-electron chi connectivity index (χ1n) is 13.9. The highest BCUT2D eigenvalue weighted by atomic mass is 15.1. The van der Waals surface area contributed by atoms with E-state index < -0.39 is 0 Å². The molecule has 0 spiro atoms. The van der Waals surface area contributed by atoms with Crippen LogP contribution in [0.1, 0.15) is 0 Å². The summed E-state index contributed by atoms with van der Waals surface area (Å²) in [5, 5.41) is 1.05. The summed E-state index contributed by atoms with van der Waals surface area (Å²) in [6, 6.07) is 53.2. The molecule has 2 heterocycles. The molecule has 1 aromatic heterocycles. The molecule has 6 aromatic carbocycles. The van der Waals surface area contributed by atoms with E-state index in [-0.39, 0.29) is 0 Å². The normalized spacial score (nSPS) is 11.9. The van der Waals surface area contributed by atoms with Crippen molar-refractivity contribution in [2.45, 2.75) is 0 Å². The lowest BCUT2D eigenvalue weighted by atomic mass is 9.93. The number of para-hydroxylation sites is 3. The highest BCUT2D eigenvalue weighted by Crippen LogP contribution is 2.51. The highest BCUT2D eigenvalue weighted by molar-refractivity contribution is 6.03. The molecule has 0 aliphatic carbocycles. The largest absolute Gasteiger partial charge is 0.309 e. The molecule has 8 rings (SSSR count). The van der Waals surface area contributed by atoms with Gasteiger partial charge in [-0.2, -0.15) is 0 Å². The van der Waals surface area contributed by atoms with Crippen molar-refractivity contribution in [2.24, 2.45) is 0 Å². The van der Waals surface area contributed by atoms with Gasteiger partial charge in [-0.05, 0) is 53.6 Å². The number of anilines is 3. The van der Waals surface area contributed by atoms with Crippen molar-refractivity contribution < 1.29 is 0 Å². The second-order valence-corrected chi connectivity index (χ2v) is 10.2. The average Bonchev–Trinajstić information content (AvgIpc) is 3.17. The Kier molecular flexibility index (Phi) is 5.46. The topological polar surface area (TPSA) is 29.0 Å².